The molecule has 6 nitrogen and oxygen atoms in total. The number of ether oxygens (including phenoxy) is 4. The van der Waals surface area contributed by atoms with E-state index in [1.54, 1.807) is 38.5 Å². The molecule has 7 heteroatoms. The van der Waals surface area contributed by atoms with Gasteiger partial charge >= 0.3 is 0 Å². The maximum absolute atomic E-state index is 15.4. The zero-order valence-electron chi connectivity index (χ0n) is 31.5. The van der Waals surface area contributed by atoms with Gasteiger partial charge in [-0.15, -0.1) is 0 Å². The highest BCUT2D eigenvalue weighted by molar-refractivity contribution is 7.93. The molecule has 3 aromatic carbocycles. The Bertz CT molecular complexity index is 1520. The largest absolute Gasteiger partial charge is 0.381 e. The van der Waals surface area contributed by atoms with Gasteiger partial charge in [0, 0.05) is 43.6 Å². The summed E-state index contributed by atoms with van der Waals surface area (Å²) in [5, 5.41) is 1.06. The first kappa shape index (κ1) is 39.8. The third kappa shape index (κ3) is 9.34. The lowest BCUT2D eigenvalue weighted by molar-refractivity contribution is -0.0614. The molecule has 0 bridgehead atoms. The molecule has 0 aliphatic carbocycles. The minimum atomic E-state index is -3.75. The molecule has 0 N–H and O–H groups in total. The lowest BCUT2D eigenvalue weighted by atomic mass is 9.79. The molecule has 1 atom stereocenters. The van der Waals surface area contributed by atoms with Crippen molar-refractivity contribution in [3.63, 3.8) is 0 Å². The van der Waals surface area contributed by atoms with Crippen LogP contribution in [0.25, 0.3) is 0 Å². The molecule has 0 spiro atoms. The van der Waals surface area contributed by atoms with E-state index in [0.717, 1.165) is 34.2 Å². The van der Waals surface area contributed by atoms with Crippen molar-refractivity contribution in [3.8, 4) is 0 Å². The average Bonchev–Trinajstić information content (AvgIpc) is 3.05. The first-order valence-corrected chi connectivity index (χ1v) is 18.8. The van der Waals surface area contributed by atoms with Crippen LogP contribution in [0.1, 0.15) is 99.5 Å². The fourth-order valence-electron chi connectivity index (χ4n) is 6.46. The molecule has 0 saturated heterocycles. The maximum atomic E-state index is 15.4. The highest BCUT2D eigenvalue weighted by atomic mass is 31.2. The van der Waals surface area contributed by atoms with Gasteiger partial charge in [-0.2, -0.15) is 0 Å². The van der Waals surface area contributed by atoms with Crippen LogP contribution in [0.4, 0.5) is 0 Å². The molecule has 3 rings (SSSR count). The number of rotatable bonds is 18. The molecule has 0 amide bonds. The SMILES string of the molecule is COC(C)(C)CCOCC(C)Cc1c(C)c(C(=O)P(=O)(c2ccccc2)c2ccccc2)c(C)c(C(C)(C)OCCC(C)(C)OC)c1C. The van der Waals surface area contributed by atoms with Gasteiger partial charge in [-0.1, -0.05) is 67.6 Å². The van der Waals surface area contributed by atoms with E-state index >= 15 is 9.36 Å². The first-order valence-electron chi connectivity index (χ1n) is 17.1. The second-order valence-corrected chi connectivity index (χ2v) is 17.5. The van der Waals surface area contributed by atoms with Crippen molar-refractivity contribution in [1.29, 1.82) is 0 Å². The van der Waals surface area contributed by atoms with Crippen molar-refractivity contribution in [2.24, 2.45) is 5.92 Å². The van der Waals surface area contributed by atoms with Gasteiger partial charge < -0.3 is 23.5 Å². The highest BCUT2D eigenvalue weighted by Gasteiger charge is 2.41. The maximum Gasteiger partial charge on any atom is 0.230 e. The lowest BCUT2D eigenvalue weighted by Gasteiger charge is -2.34. The summed E-state index contributed by atoms with van der Waals surface area (Å²) in [6.07, 6.45) is 2.20. The summed E-state index contributed by atoms with van der Waals surface area (Å²) in [7, 11) is -0.318. The Morgan fingerprint density at radius 3 is 1.69 bits per heavy atom. The van der Waals surface area contributed by atoms with E-state index in [-0.39, 0.29) is 22.6 Å². The van der Waals surface area contributed by atoms with Crippen molar-refractivity contribution in [2.75, 3.05) is 34.0 Å². The fourth-order valence-corrected chi connectivity index (χ4v) is 9.06. The molecule has 0 radical (unpaired) electrons. The van der Waals surface area contributed by atoms with Gasteiger partial charge in [0.15, 0.2) is 0 Å². The molecule has 1 unspecified atom stereocenters. The molecule has 264 valence electrons. The number of hydrogen-bond donors (Lipinski definition) is 0. The predicted molar refractivity (Wildman–Crippen MR) is 199 cm³/mol. The molecule has 0 fully saturated rings. The number of carbonyl (C=O) groups is 1. The standard InChI is InChI=1S/C41H59O6P/c1-29(28-46-25-23-39(5,6)44-11)27-35-30(2)36(32(4)37(31(35)3)41(9,10)47-26-24-40(7,8)45-12)38(42)48(43,33-19-15-13-16-20-33)34-21-17-14-18-22-34/h13-22,29H,23-28H2,1-12H3. The number of carbonyl (C=O) groups excluding carboxylic acids is 1. The van der Waals surface area contributed by atoms with E-state index in [4.69, 9.17) is 18.9 Å². The molecule has 0 aliphatic heterocycles. The van der Waals surface area contributed by atoms with Crippen LogP contribution in [0, 0.1) is 26.7 Å². The molecule has 0 saturated carbocycles. The summed E-state index contributed by atoms with van der Waals surface area (Å²) in [6.45, 7) is 22.3. The normalized spacial score (nSPS) is 13.5. The minimum Gasteiger partial charge on any atom is -0.381 e. The Morgan fingerprint density at radius 1 is 0.729 bits per heavy atom. The number of hydrogen-bond acceptors (Lipinski definition) is 6. The van der Waals surface area contributed by atoms with Crippen LogP contribution in [0.2, 0.25) is 0 Å². The number of benzene rings is 3. The Balaban J connectivity index is 2.17. The Kier molecular flexibility index (Phi) is 13.6. The van der Waals surface area contributed by atoms with Crippen LogP contribution < -0.4 is 10.6 Å². The Labute approximate surface area is 290 Å². The smallest absolute Gasteiger partial charge is 0.230 e. The van der Waals surface area contributed by atoms with Crippen molar-refractivity contribution >= 4 is 23.3 Å². The zero-order valence-corrected chi connectivity index (χ0v) is 32.4. The summed E-state index contributed by atoms with van der Waals surface area (Å²) in [4.78, 5) is 15.1. The quantitative estimate of drug-likeness (QED) is 0.0989. The topological polar surface area (TPSA) is 71.1 Å². The fraction of sp³-hybridized carbons (Fsp3) is 0.537. The van der Waals surface area contributed by atoms with Crippen molar-refractivity contribution < 1.29 is 28.3 Å². The van der Waals surface area contributed by atoms with Gasteiger partial charge in [-0.3, -0.25) is 4.79 Å². The Hall–Kier alpha value is -2.60. The van der Waals surface area contributed by atoms with Crippen LogP contribution in [0.15, 0.2) is 60.7 Å². The monoisotopic (exact) mass is 678 g/mol. The molecular weight excluding hydrogens is 619 g/mol. The van der Waals surface area contributed by atoms with E-state index in [1.165, 1.54) is 0 Å². The summed E-state index contributed by atoms with van der Waals surface area (Å²) < 4.78 is 39.3. The summed E-state index contributed by atoms with van der Waals surface area (Å²) >= 11 is 0. The third-order valence-electron chi connectivity index (χ3n) is 9.82. The van der Waals surface area contributed by atoms with Crippen LogP contribution in [-0.2, 0) is 35.5 Å². The second kappa shape index (κ2) is 16.4. The summed E-state index contributed by atoms with van der Waals surface area (Å²) in [6, 6.07) is 18.4. The molecule has 0 aromatic heterocycles. The summed E-state index contributed by atoms with van der Waals surface area (Å²) in [5.41, 5.74) is 3.69. The molecule has 0 aliphatic rings. The van der Waals surface area contributed by atoms with Gasteiger partial charge in [0.05, 0.1) is 23.4 Å². The predicted octanol–water partition coefficient (Wildman–Crippen LogP) is 8.84. The van der Waals surface area contributed by atoms with E-state index in [0.29, 0.717) is 48.8 Å². The van der Waals surface area contributed by atoms with E-state index in [9.17, 15) is 0 Å². The first-order chi connectivity index (χ1) is 22.4. The van der Waals surface area contributed by atoms with E-state index in [2.05, 4.69) is 41.5 Å². The minimum absolute atomic E-state index is 0.174. The summed E-state index contributed by atoms with van der Waals surface area (Å²) in [5.74, 6) is 0.174. The van der Waals surface area contributed by atoms with Crippen molar-refractivity contribution in [1.82, 2.24) is 0 Å². The molecule has 0 heterocycles. The van der Waals surface area contributed by atoms with Gasteiger partial charge in [0.1, 0.15) is 0 Å². The Morgan fingerprint density at radius 2 is 1.21 bits per heavy atom. The van der Waals surface area contributed by atoms with Crippen LogP contribution >= 0.6 is 7.14 Å². The highest BCUT2D eigenvalue weighted by Crippen LogP contribution is 2.50. The van der Waals surface area contributed by atoms with Gasteiger partial charge in [-0.05, 0) is 115 Å². The van der Waals surface area contributed by atoms with E-state index in [1.807, 2.05) is 64.1 Å². The average molecular weight is 679 g/mol. The van der Waals surface area contributed by atoms with Crippen molar-refractivity contribution in [3.05, 3.63) is 94.0 Å². The second-order valence-electron chi connectivity index (χ2n) is 14.9. The third-order valence-corrected chi connectivity index (χ3v) is 12.7. The van der Waals surface area contributed by atoms with Crippen LogP contribution in [0.3, 0.4) is 0 Å². The lowest BCUT2D eigenvalue weighted by Crippen LogP contribution is -2.31. The van der Waals surface area contributed by atoms with Crippen LogP contribution in [0.5, 0.6) is 0 Å². The molecule has 48 heavy (non-hydrogen) atoms. The van der Waals surface area contributed by atoms with Gasteiger partial charge in [0.2, 0.25) is 12.7 Å². The zero-order chi connectivity index (χ0) is 35.9. The van der Waals surface area contributed by atoms with Crippen LogP contribution in [-0.4, -0.2) is 50.8 Å². The van der Waals surface area contributed by atoms with Gasteiger partial charge in [0.25, 0.3) is 0 Å². The molecular formula is C41H59O6P. The van der Waals surface area contributed by atoms with Gasteiger partial charge in [-0.25, -0.2) is 0 Å². The number of methoxy groups -OCH3 is 2. The van der Waals surface area contributed by atoms with E-state index < -0.39 is 12.7 Å². The molecule has 3 aromatic rings. The van der Waals surface area contributed by atoms with Crippen molar-refractivity contribution in [2.45, 2.75) is 105 Å².